The van der Waals surface area contributed by atoms with E-state index in [1.54, 1.807) is 6.08 Å². The number of nitrogens with one attached hydrogen (secondary N) is 1. The van der Waals surface area contributed by atoms with Crippen molar-refractivity contribution in [3.63, 3.8) is 0 Å². The number of carbonyl (C=O) groups excluding carboxylic acids is 1. The summed E-state index contributed by atoms with van der Waals surface area (Å²) in [5.41, 5.74) is 0.111. The molecule has 5 nitrogen and oxygen atoms in total. The zero-order chi connectivity index (χ0) is 16.8. The third kappa shape index (κ3) is 4.19. The quantitative estimate of drug-likeness (QED) is 0.677. The van der Waals surface area contributed by atoms with Crippen molar-refractivity contribution in [2.24, 2.45) is 0 Å². The van der Waals surface area contributed by atoms with Gasteiger partial charge in [0, 0.05) is 31.3 Å². The van der Waals surface area contributed by atoms with Crippen LogP contribution in [0.2, 0.25) is 0 Å². The topological polar surface area (TPSA) is 69.3 Å². The van der Waals surface area contributed by atoms with E-state index in [1.165, 1.54) is 25.7 Å². The molecule has 24 heavy (non-hydrogen) atoms. The molecular formula is C19H25N3O2. The van der Waals surface area contributed by atoms with E-state index >= 15 is 0 Å². The monoisotopic (exact) mass is 327 g/mol. The van der Waals surface area contributed by atoms with E-state index in [4.69, 9.17) is 4.42 Å². The Labute approximate surface area is 143 Å². The highest BCUT2D eigenvalue weighted by Crippen LogP contribution is 2.24. The molecule has 1 aliphatic carbocycles. The molecule has 1 N–H and O–H groups in total. The zero-order valence-corrected chi connectivity index (χ0v) is 14.1. The average molecular weight is 327 g/mol. The molecule has 3 rings (SSSR count). The molecule has 1 saturated heterocycles. The maximum Gasteiger partial charge on any atom is 0.262 e. The van der Waals surface area contributed by atoms with Crippen molar-refractivity contribution in [1.82, 2.24) is 5.32 Å². The number of nitrogens with zero attached hydrogens (tertiary/aromatic N) is 2. The molecule has 1 amide bonds. The van der Waals surface area contributed by atoms with Gasteiger partial charge in [-0.25, -0.2) is 0 Å². The Morgan fingerprint density at radius 2 is 1.88 bits per heavy atom. The molecular weight excluding hydrogens is 302 g/mol. The third-order valence-electron chi connectivity index (χ3n) is 4.87. The predicted octanol–water partition coefficient (Wildman–Crippen LogP) is 3.63. The Morgan fingerprint density at radius 3 is 2.58 bits per heavy atom. The number of nitriles is 1. The molecule has 1 aromatic rings. The summed E-state index contributed by atoms with van der Waals surface area (Å²) in [6, 6.07) is 5.95. The molecule has 5 heteroatoms. The Balaban J connectivity index is 1.65. The number of amides is 1. The van der Waals surface area contributed by atoms with E-state index in [-0.39, 0.29) is 17.5 Å². The Hall–Kier alpha value is -2.22. The first-order valence-electron chi connectivity index (χ1n) is 9.04. The van der Waals surface area contributed by atoms with E-state index in [0.717, 1.165) is 44.7 Å². The van der Waals surface area contributed by atoms with E-state index in [2.05, 4.69) is 10.2 Å². The number of hydrogen-bond acceptors (Lipinski definition) is 4. The molecule has 0 unspecified atom stereocenters. The van der Waals surface area contributed by atoms with E-state index in [1.807, 2.05) is 18.2 Å². The van der Waals surface area contributed by atoms with Crippen LogP contribution in [0.3, 0.4) is 0 Å². The second kappa shape index (κ2) is 8.05. The van der Waals surface area contributed by atoms with Crippen molar-refractivity contribution in [2.75, 3.05) is 18.0 Å². The molecule has 1 saturated carbocycles. The van der Waals surface area contributed by atoms with Crippen LogP contribution >= 0.6 is 0 Å². The van der Waals surface area contributed by atoms with Crippen LogP contribution in [0.15, 0.2) is 22.1 Å². The van der Waals surface area contributed by atoms with Crippen LogP contribution in [0.5, 0.6) is 0 Å². The van der Waals surface area contributed by atoms with Crippen LogP contribution in [0, 0.1) is 11.3 Å². The fourth-order valence-corrected chi connectivity index (χ4v) is 3.50. The highest BCUT2D eigenvalue weighted by molar-refractivity contribution is 6.01. The molecule has 0 bridgehead atoms. The van der Waals surface area contributed by atoms with E-state index in [9.17, 15) is 10.1 Å². The number of rotatable bonds is 4. The fraction of sp³-hybridized carbons (Fsp3) is 0.579. The molecule has 128 valence electrons. The second-order valence-corrected chi connectivity index (χ2v) is 6.70. The molecule has 0 spiro atoms. The van der Waals surface area contributed by atoms with Crippen molar-refractivity contribution in [1.29, 1.82) is 5.26 Å². The van der Waals surface area contributed by atoms with Crippen molar-refractivity contribution < 1.29 is 9.21 Å². The average Bonchev–Trinajstić information content (AvgIpc) is 3.10. The summed E-state index contributed by atoms with van der Waals surface area (Å²) in [7, 11) is 0. The number of hydrogen-bond donors (Lipinski definition) is 1. The molecule has 0 radical (unpaired) electrons. The lowest BCUT2D eigenvalue weighted by atomic mass is 9.95. The van der Waals surface area contributed by atoms with Crippen LogP contribution < -0.4 is 10.2 Å². The van der Waals surface area contributed by atoms with Crippen LogP contribution in [0.1, 0.15) is 57.1 Å². The first-order valence-corrected chi connectivity index (χ1v) is 9.04. The summed E-state index contributed by atoms with van der Waals surface area (Å²) in [4.78, 5) is 14.5. The van der Waals surface area contributed by atoms with Gasteiger partial charge in [0.15, 0.2) is 5.88 Å². The van der Waals surface area contributed by atoms with Crippen molar-refractivity contribution in [2.45, 2.75) is 57.4 Å². The minimum Gasteiger partial charge on any atom is -0.441 e. The Morgan fingerprint density at radius 1 is 1.17 bits per heavy atom. The molecule has 2 fully saturated rings. The lowest BCUT2D eigenvalue weighted by Crippen LogP contribution is -2.36. The van der Waals surface area contributed by atoms with Crippen LogP contribution in [-0.2, 0) is 4.79 Å². The van der Waals surface area contributed by atoms with Gasteiger partial charge in [0.25, 0.3) is 5.91 Å². The summed E-state index contributed by atoms with van der Waals surface area (Å²) in [6.07, 6.45) is 10.7. The molecule has 1 aliphatic heterocycles. The van der Waals surface area contributed by atoms with Crippen LogP contribution in [-0.4, -0.2) is 25.0 Å². The number of piperidine rings is 1. The molecule has 2 aliphatic rings. The van der Waals surface area contributed by atoms with Crippen LogP contribution in [0.4, 0.5) is 5.88 Å². The van der Waals surface area contributed by atoms with Gasteiger partial charge in [0.05, 0.1) is 0 Å². The van der Waals surface area contributed by atoms with Gasteiger partial charge in [0.2, 0.25) is 0 Å². The van der Waals surface area contributed by atoms with Crippen molar-refractivity contribution >= 4 is 17.9 Å². The highest BCUT2D eigenvalue weighted by atomic mass is 16.4. The summed E-state index contributed by atoms with van der Waals surface area (Å²) in [5, 5.41) is 12.3. The Bertz CT molecular complexity index is 629. The highest BCUT2D eigenvalue weighted by Gasteiger charge is 2.19. The molecule has 0 aromatic carbocycles. The SMILES string of the molecule is N#CC(=Cc1ccc(N2CCCCC2)o1)C(=O)NC1CCCCC1. The number of anilines is 1. The van der Waals surface area contributed by atoms with Gasteiger partial charge in [-0.2, -0.15) is 5.26 Å². The smallest absolute Gasteiger partial charge is 0.262 e. The molecule has 1 aromatic heterocycles. The third-order valence-corrected chi connectivity index (χ3v) is 4.87. The first-order chi connectivity index (χ1) is 11.8. The Kier molecular flexibility index (Phi) is 5.58. The van der Waals surface area contributed by atoms with E-state index in [0.29, 0.717) is 5.76 Å². The summed E-state index contributed by atoms with van der Waals surface area (Å²) in [6.45, 7) is 2.01. The van der Waals surface area contributed by atoms with Gasteiger partial charge in [-0.15, -0.1) is 0 Å². The molecule has 2 heterocycles. The summed E-state index contributed by atoms with van der Waals surface area (Å²) < 4.78 is 5.81. The van der Waals surface area contributed by atoms with Crippen molar-refractivity contribution in [3.05, 3.63) is 23.5 Å². The van der Waals surface area contributed by atoms with E-state index < -0.39 is 0 Å². The van der Waals surface area contributed by atoms with Gasteiger partial charge in [-0.05, 0) is 38.2 Å². The largest absolute Gasteiger partial charge is 0.441 e. The van der Waals surface area contributed by atoms with Crippen LogP contribution in [0.25, 0.3) is 6.08 Å². The summed E-state index contributed by atoms with van der Waals surface area (Å²) >= 11 is 0. The zero-order valence-electron chi connectivity index (χ0n) is 14.1. The standard InChI is InChI=1S/C19H25N3O2/c20-14-15(19(23)21-16-7-3-1-4-8-16)13-17-9-10-18(24-17)22-11-5-2-6-12-22/h9-10,13,16H,1-8,11-12H2,(H,21,23). The maximum absolute atomic E-state index is 12.3. The normalized spacial score (nSPS) is 19.8. The molecule has 0 atom stereocenters. The lowest BCUT2D eigenvalue weighted by molar-refractivity contribution is -0.117. The minimum atomic E-state index is -0.291. The van der Waals surface area contributed by atoms with Gasteiger partial charge in [-0.1, -0.05) is 19.3 Å². The van der Waals surface area contributed by atoms with Crippen molar-refractivity contribution in [3.8, 4) is 6.07 Å². The first kappa shape index (κ1) is 16.6. The second-order valence-electron chi connectivity index (χ2n) is 6.70. The van der Waals surface area contributed by atoms with Gasteiger partial charge in [0.1, 0.15) is 17.4 Å². The summed E-state index contributed by atoms with van der Waals surface area (Å²) in [5.74, 6) is 1.09. The minimum absolute atomic E-state index is 0.111. The lowest BCUT2D eigenvalue weighted by Gasteiger charge is -2.25. The number of carbonyl (C=O) groups is 1. The fourth-order valence-electron chi connectivity index (χ4n) is 3.50. The predicted molar refractivity (Wildman–Crippen MR) is 93.4 cm³/mol. The van der Waals surface area contributed by atoms with Gasteiger partial charge >= 0.3 is 0 Å². The maximum atomic E-state index is 12.3. The number of furan rings is 1. The van der Waals surface area contributed by atoms with Gasteiger partial charge < -0.3 is 14.6 Å². The van der Waals surface area contributed by atoms with Gasteiger partial charge in [-0.3, -0.25) is 4.79 Å².